The monoisotopic (exact) mass is 515 g/mol. The average Bonchev–Trinajstić information content (AvgIpc) is 3.48. The molecule has 0 radical (unpaired) electrons. The Labute approximate surface area is 217 Å². The lowest BCUT2D eigenvalue weighted by molar-refractivity contribution is -0.00754. The summed E-state index contributed by atoms with van der Waals surface area (Å²) in [6.45, 7) is 0. The van der Waals surface area contributed by atoms with Crippen LogP contribution in [0.5, 0.6) is 0 Å². The van der Waals surface area contributed by atoms with Gasteiger partial charge in [-0.05, 0) is 68.1 Å². The van der Waals surface area contributed by atoms with Gasteiger partial charge in [0.2, 0.25) is 0 Å². The summed E-state index contributed by atoms with van der Waals surface area (Å²) in [6, 6.07) is 14.7. The number of nitrogens with one attached hydrogen (secondary N) is 2. The molecule has 1 fully saturated rings. The molecule has 0 spiro atoms. The third kappa shape index (κ3) is 4.54. The first-order valence-electron chi connectivity index (χ1n) is 12.7. The molecule has 0 saturated heterocycles. The Morgan fingerprint density at radius 2 is 2.00 bits per heavy atom. The molecular formula is C29H27F2N5O2. The van der Waals surface area contributed by atoms with Crippen LogP contribution in [0.15, 0.2) is 60.8 Å². The number of hydrogen-bond acceptors (Lipinski definition) is 4. The molecule has 0 bridgehead atoms. The zero-order valence-corrected chi connectivity index (χ0v) is 20.8. The second kappa shape index (κ2) is 9.33. The van der Waals surface area contributed by atoms with E-state index in [2.05, 4.69) is 20.6 Å². The number of hydrogen-bond donors (Lipinski definition) is 3. The number of rotatable bonds is 5. The maximum absolute atomic E-state index is 14.2. The Kier molecular flexibility index (Phi) is 5.95. The Balaban J connectivity index is 1.22. The van der Waals surface area contributed by atoms with Gasteiger partial charge in [0.1, 0.15) is 11.6 Å². The predicted molar refractivity (Wildman–Crippen MR) is 141 cm³/mol. The van der Waals surface area contributed by atoms with Crippen molar-refractivity contribution in [2.75, 3.05) is 0 Å². The van der Waals surface area contributed by atoms with Crippen molar-refractivity contribution in [2.45, 2.75) is 43.7 Å². The number of fused-ring (bicyclic) bond motifs is 2. The van der Waals surface area contributed by atoms with Crippen molar-refractivity contribution in [3.05, 3.63) is 83.6 Å². The van der Waals surface area contributed by atoms with Crippen LogP contribution in [-0.4, -0.2) is 42.6 Å². The number of amides is 1. The number of aliphatic hydroxyl groups is 1. The van der Waals surface area contributed by atoms with Crippen molar-refractivity contribution in [1.29, 1.82) is 0 Å². The molecule has 1 aliphatic carbocycles. The number of carbonyl (C=O) groups is 1. The molecule has 194 valence electrons. The molecule has 3 N–H and O–H groups in total. The molecule has 5 aromatic rings. The van der Waals surface area contributed by atoms with Gasteiger partial charge in [-0.15, -0.1) is 0 Å². The van der Waals surface area contributed by atoms with Crippen LogP contribution in [0.2, 0.25) is 0 Å². The van der Waals surface area contributed by atoms with E-state index in [0.717, 1.165) is 33.1 Å². The summed E-state index contributed by atoms with van der Waals surface area (Å²) >= 11 is 0. The van der Waals surface area contributed by atoms with E-state index < -0.39 is 17.2 Å². The van der Waals surface area contributed by atoms with E-state index in [1.807, 2.05) is 37.5 Å². The van der Waals surface area contributed by atoms with Gasteiger partial charge in [-0.3, -0.25) is 14.6 Å². The first-order valence-corrected chi connectivity index (χ1v) is 12.7. The van der Waals surface area contributed by atoms with E-state index in [1.54, 1.807) is 16.8 Å². The highest BCUT2D eigenvalue weighted by molar-refractivity contribution is 6.02. The topological polar surface area (TPSA) is 95.8 Å². The van der Waals surface area contributed by atoms with Gasteiger partial charge < -0.3 is 10.4 Å². The average molecular weight is 516 g/mol. The number of halogens is 2. The van der Waals surface area contributed by atoms with Crippen LogP contribution in [0.1, 0.15) is 41.6 Å². The maximum Gasteiger partial charge on any atom is 0.251 e. The van der Waals surface area contributed by atoms with E-state index >= 15 is 0 Å². The summed E-state index contributed by atoms with van der Waals surface area (Å²) in [4.78, 5) is 13.2. The number of nitrogens with zero attached hydrogens (tertiary/aromatic N) is 3. The van der Waals surface area contributed by atoms with Crippen LogP contribution in [0.25, 0.3) is 33.1 Å². The fourth-order valence-electron chi connectivity index (χ4n) is 5.59. The molecule has 1 amide bonds. The number of aromatic amines is 1. The van der Waals surface area contributed by atoms with Crippen molar-refractivity contribution in [3.8, 4) is 11.3 Å². The molecule has 0 aliphatic heterocycles. The van der Waals surface area contributed by atoms with Crippen LogP contribution in [-0.2, 0) is 13.5 Å². The van der Waals surface area contributed by atoms with E-state index in [0.29, 0.717) is 24.8 Å². The molecule has 3 aromatic carbocycles. The number of aryl methyl sites for hydroxylation is 1. The summed E-state index contributed by atoms with van der Waals surface area (Å²) in [5, 5.41) is 27.9. The molecule has 2 heterocycles. The Morgan fingerprint density at radius 3 is 2.82 bits per heavy atom. The minimum absolute atomic E-state index is 0.121. The van der Waals surface area contributed by atoms with Gasteiger partial charge in [0.15, 0.2) is 0 Å². The highest BCUT2D eigenvalue weighted by atomic mass is 19.1. The number of aromatic nitrogens is 4. The van der Waals surface area contributed by atoms with E-state index in [1.165, 1.54) is 18.2 Å². The van der Waals surface area contributed by atoms with Crippen molar-refractivity contribution >= 4 is 27.7 Å². The zero-order chi connectivity index (χ0) is 26.4. The van der Waals surface area contributed by atoms with Gasteiger partial charge >= 0.3 is 0 Å². The quantitative estimate of drug-likeness (QED) is 0.306. The predicted octanol–water partition coefficient (Wildman–Crippen LogP) is 5.04. The van der Waals surface area contributed by atoms with Crippen molar-refractivity contribution < 1.29 is 18.7 Å². The van der Waals surface area contributed by atoms with Gasteiger partial charge in [-0.1, -0.05) is 12.1 Å². The van der Waals surface area contributed by atoms with Gasteiger partial charge in [0.05, 0.1) is 22.3 Å². The molecule has 0 unspecified atom stereocenters. The first-order chi connectivity index (χ1) is 18.3. The molecule has 2 aromatic heterocycles. The summed E-state index contributed by atoms with van der Waals surface area (Å²) in [7, 11) is 1.87. The van der Waals surface area contributed by atoms with Gasteiger partial charge in [0.25, 0.3) is 5.91 Å². The smallest absolute Gasteiger partial charge is 0.251 e. The van der Waals surface area contributed by atoms with Crippen molar-refractivity contribution in [3.63, 3.8) is 0 Å². The third-order valence-electron chi connectivity index (χ3n) is 7.44. The van der Waals surface area contributed by atoms with Crippen LogP contribution >= 0.6 is 0 Å². The molecule has 1 aliphatic rings. The lowest BCUT2D eigenvalue weighted by atomic mass is 9.78. The lowest BCUT2D eigenvalue weighted by Crippen LogP contribution is -2.47. The van der Waals surface area contributed by atoms with Crippen LogP contribution < -0.4 is 5.32 Å². The second-order valence-corrected chi connectivity index (χ2v) is 10.3. The van der Waals surface area contributed by atoms with Gasteiger partial charge in [-0.25, -0.2) is 8.78 Å². The van der Waals surface area contributed by atoms with E-state index in [4.69, 9.17) is 0 Å². The Morgan fingerprint density at radius 1 is 1.18 bits per heavy atom. The van der Waals surface area contributed by atoms with Crippen molar-refractivity contribution in [2.24, 2.45) is 7.05 Å². The molecular weight excluding hydrogens is 488 g/mol. The van der Waals surface area contributed by atoms with Gasteiger partial charge in [-0.2, -0.15) is 10.2 Å². The highest BCUT2D eigenvalue weighted by Gasteiger charge is 2.36. The zero-order valence-electron chi connectivity index (χ0n) is 20.8. The molecule has 38 heavy (non-hydrogen) atoms. The fourth-order valence-corrected chi connectivity index (χ4v) is 5.59. The number of benzene rings is 3. The van der Waals surface area contributed by atoms with Gasteiger partial charge in [0, 0.05) is 53.2 Å². The third-order valence-corrected chi connectivity index (χ3v) is 7.44. The minimum atomic E-state index is -1.30. The molecule has 1 saturated carbocycles. The minimum Gasteiger partial charge on any atom is -0.389 e. The van der Waals surface area contributed by atoms with E-state index in [-0.39, 0.29) is 30.4 Å². The van der Waals surface area contributed by atoms with Crippen LogP contribution in [0, 0.1) is 11.6 Å². The van der Waals surface area contributed by atoms with Crippen LogP contribution in [0.4, 0.5) is 8.78 Å². The molecule has 7 nitrogen and oxygen atoms in total. The Hall–Kier alpha value is -4.11. The maximum atomic E-state index is 14.2. The second-order valence-electron chi connectivity index (χ2n) is 10.3. The summed E-state index contributed by atoms with van der Waals surface area (Å²) in [5.41, 5.74) is 2.39. The highest BCUT2D eigenvalue weighted by Crippen LogP contribution is 2.34. The molecule has 2 atom stereocenters. The summed E-state index contributed by atoms with van der Waals surface area (Å²) in [6.07, 6.45) is 3.76. The number of H-pyrrole nitrogens is 1. The standard InChI is InChI=1S/C29H27F2N5O2/c1-36-16-19-12-17(7-9-25(19)35-36)27-21-13-18(8-10-26(21)33-34-27)28(37)32-20-4-3-11-29(38,14-20)15-22-23(30)5-2-6-24(22)31/h2,5-10,12-13,16,20,38H,3-4,11,14-15H2,1H3,(H,32,37)(H,33,34)/t20-,29-/m1/s1. The van der Waals surface area contributed by atoms with E-state index in [9.17, 15) is 18.7 Å². The SMILES string of the molecule is Cn1cc2cc(-c3n[nH]c4ccc(C(=O)N[C@@H]5CCC[C@](O)(Cc6c(F)cccc6F)C5)cc34)ccc2n1. The molecule has 9 heteroatoms. The lowest BCUT2D eigenvalue weighted by Gasteiger charge is -2.37. The fraction of sp³-hybridized carbons (Fsp3) is 0.276. The van der Waals surface area contributed by atoms with Crippen molar-refractivity contribution in [1.82, 2.24) is 25.3 Å². The largest absolute Gasteiger partial charge is 0.389 e. The Bertz CT molecular complexity index is 1660. The summed E-state index contributed by atoms with van der Waals surface area (Å²) in [5.74, 6) is -1.61. The number of carbonyl (C=O) groups excluding carboxylic acids is 1. The normalized spacial score (nSPS) is 19.7. The summed E-state index contributed by atoms with van der Waals surface area (Å²) < 4.78 is 30.2. The molecule has 6 rings (SSSR count). The first kappa shape index (κ1) is 24.2. The van der Waals surface area contributed by atoms with Crippen LogP contribution in [0.3, 0.4) is 0 Å².